The first kappa shape index (κ1) is 10.5. The quantitative estimate of drug-likeness (QED) is 0.717. The summed E-state index contributed by atoms with van der Waals surface area (Å²) in [5, 5.41) is 8.07. The molecule has 0 spiro atoms. The van der Waals surface area contributed by atoms with Crippen molar-refractivity contribution in [2.24, 2.45) is 0 Å². The molecule has 0 unspecified atom stereocenters. The van der Waals surface area contributed by atoms with Crippen LogP contribution < -0.4 is 4.90 Å². The van der Waals surface area contributed by atoms with Gasteiger partial charge in [0, 0.05) is 13.0 Å². The lowest BCUT2D eigenvalue weighted by molar-refractivity contribution is -0.119. The van der Waals surface area contributed by atoms with Crippen LogP contribution in [-0.2, 0) is 4.79 Å². The molecule has 3 rings (SSSR count). The van der Waals surface area contributed by atoms with Crippen LogP contribution in [0.5, 0.6) is 0 Å². The number of nitrogens with zero attached hydrogens (tertiary/aromatic N) is 5. The minimum absolute atomic E-state index is 0.102. The second-order valence-corrected chi connectivity index (χ2v) is 4.28. The van der Waals surface area contributed by atoms with Crippen molar-refractivity contribution in [3.63, 3.8) is 0 Å². The van der Waals surface area contributed by atoms with Gasteiger partial charge in [-0.15, -0.1) is 10.2 Å². The van der Waals surface area contributed by atoms with E-state index in [0.717, 1.165) is 12.8 Å². The molecule has 2 aromatic rings. The summed E-state index contributed by atoms with van der Waals surface area (Å²) >= 11 is 5.91. The minimum Gasteiger partial charge on any atom is -0.308 e. The maximum Gasteiger partial charge on any atom is 0.227 e. The number of rotatable bonds is 1. The number of aromatic nitrogens is 4. The number of piperidine rings is 1. The zero-order valence-corrected chi connectivity index (χ0v) is 9.76. The summed E-state index contributed by atoms with van der Waals surface area (Å²) in [6.07, 6.45) is 5.58. The van der Waals surface area contributed by atoms with Gasteiger partial charge in [-0.25, -0.2) is 4.98 Å². The van der Waals surface area contributed by atoms with Crippen molar-refractivity contribution in [3.05, 3.63) is 17.8 Å². The summed E-state index contributed by atoms with van der Waals surface area (Å²) in [7, 11) is 0. The maximum absolute atomic E-state index is 11.9. The molecule has 0 bridgehead atoms. The fourth-order valence-corrected chi connectivity index (χ4v) is 2.20. The van der Waals surface area contributed by atoms with Crippen LogP contribution in [0.1, 0.15) is 19.3 Å². The molecule has 1 saturated heterocycles. The second-order valence-electron chi connectivity index (χ2n) is 3.94. The van der Waals surface area contributed by atoms with Gasteiger partial charge in [0.1, 0.15) is 12.0 Å². The normalized spacial score (nSPS) is 16.8. The number of anilines is 1. The SMILES string of the molecule is O=C1CCCCN1c1cnc(Cl)n2cnnc12. The van der Waals surface area contributed by atoms with Crippen LogP contribution >= 0.6 is 11.6 Å². The molecule has 0 atom stereocenters. The van der Waals surface area contributed by atoms with Gasteiger partial charge in [0.2, 0.25) is 11.2 Å². The molecule has 0 aliphatic carbocycles. The zero-order chi connectivity index (χ0) is 11.8. The molecule has 0 saturated carbocycles. The third-order valence-electron chi connectivity index (χ3n) is 2.88. The molecule has 0 N–H and O–H groups in total. The van der Waals surface area contributed by atoms with Crippen molar-refractivity contribution >= 4 is 28.8 Å². The van der Waals surface area contributed by atoms with Gasteiger partial charge in [0.05, 0.1) is 6.20 Å². The third-order valence-corrected chi connectivity index (χ3v) is 3.16. The van der Waals surface area contributed by atoms with E-state index in [0.29, 0.717) is 29.6 Å². The molecule has 2 aromatic heterocycles. The van der Waals surface area contributed by atoms with Crippen molar-refractivity contribution in [2.75, 3.05) is 11.4 Å². The third kappa shape index (κ3) is 1.64. The molecule has 0 radical (unpaired) electrons. The van der Waals surface area contributed by atoms with E-state index in [2.05, 4.69) is 15.2 Å². The topological polar surface area (TPSA) is 63.4 Å². The van der Waals surface area contributed by atoms with E-state index < -0.39 is 0 Å². The molecule has 3 heterocycles. The predicted molar refractivity (Wildman–Crippen MR) is 62.0 cm³/mol. The first-order chi connectivity index (χ1) is 8.27. The lowest BCUT2D eigenvalue weighted by Crippen LogP contribution is -2.35. The number of hydrogen-bond donors (Lipinski definition) is 0. The molecule has 17 heavy (non-hydrogen) atoms. The highest BCUT2D eigenvalue weighted by Gasteiger charge is 2.23. The van der Waals surface area contributed by atoms with E-state index in [1.54, 1.807) is 15.5 Å². The average molecular weight is 252 g/mol. The van der Waals surface area contributed by atoms with Crippen LogP contribution in [0.4, 0.5) is 5.69 Å². The van der Waals surface area contributed by atoms with Crippen molar-refractivity contribution in [2.45, 2.75) is 19.3 Å². The number of hydrogen-bond acceptors (Lipinski definition) is 4. The van der Waals surface area contributed by atoms with E-state index in [-0.39, 0.29) is 5.91 Å². The lowest BCUT2D eigenvalue weighted by Gasteiger charge is -2.26. The maximum atomic E-state index is 11.9. The molecular formula is C10H10ClN5O. The Morgan fingerprint density at radius 3 is 3.06 bits per heavy atom. The summed E-state index contributed by atoms with van der Waals surface area (Å²) in [5.41, 5.74) is 1.25. The van der Waals surface area contributed by atoms with Gasteiger partial charge in [0.25, 0.3) is 0 Å². The summed E-state index contributed by atoms with van der Waals surface area (Å²) in [6.45, 7) is 0.699. The molecule has 88 valence electrons. The van der Waals surface area contributed by atoms with Gasteiger partial charge in [0.15, 0.2) is 5.65 Å². The van der Waals surface area contributed by atoms with E-state index in [1.165, 1.54) is 6.33 Å². The van der Waals surface area contributed by atoms with Crippen molar-refractivity contribution in [1.29, 1.82) is 0 Å². The summed E-state index contributed by atoms with van der Waals surface area (Å²) in [6, 6.07) is 0. The van der Waals surface area contributed by atoms with Gasteiger partial charge in [-0.2, -0.15) is 0 Å². The van der Waals surface area contributed by atoms with Gasteiger partial charge in [-0.05, 0) is 24.4 Å². The number of carbonyl (C=O) groups excluding carboxylic acids is 1. The van der Waals surface area contributed by atoms with E-state index in [9.17, 15) is 4.79 Å². The van der Waals surface area contributed by atoms with Crippen LogP contribution in [0, 0.1) is 0 Å². The molecule has 1 fully saturated rings. The van der Waals surface area contributed by atoms with Crippen molar-refractivity contribution in [3.8, 4) is 0 Å². The van der Waals surface area contributed by atoms with Crippen molar-refractivity contribution in [1.82, 2.24) is 19.6 Å². The van der Waals surface area contributed by atoms with Crippen molar-refractivity contribution < 1.29 is 4.79 Å². The number of halogens is 1. The minimum atomic E-state index is 0.102. The highest BCUT2D eigenvalue weighted by molar-refractivity contribution is 6.28. The standard InChI is InChI=1S/C10H10ClN5O/c11-10-12-5-7(9-14-13-6-16(9)10)15-4-2-1-3-8(15)17/h5-6H,1-4H2. The summed E-state index contributed by atoms with van der Waals surface area (Å²) in [5.74, 6) is 0.102. The molecule has 7 heteroatoms. The molecule has 1 aliphatic rings. The largest absolute Gasteiger partial charge is 0.308 e. The Morgan fingerprint density at radius 2 is 2.24 bits per heavy atom. The van der Waals surface area contributed by atoms with Gasteiger partial charge < -0.3 is 4.90 Å². The fourth-order valence-electron chi connectivity index (χ4n) is 2.03. The highest BCUT2D eigenvalue weighted by Crippen LogP contribution is 2.25. The van der Waals surface area contributed by atoms with Crippen LogP contribution in [0.3, 0.4) is 0 Å². The summed E-state index contributed by atoms with van der Waals surface area (Å²) < 4.78 is 1.57. The van der Waals surface area contributed by atoms with Crippen LogP contribution in [0.2, 0.25) is 5.28 Å². The number of amides is 1. The number of fused-ring (bicyclic) bond motifs is 1. The Hall–Kier alpha value is -1.69. The van der Waals surface area contributed by atoms with Gasteiger partial charge in [-0.1, -0.05) is 0 Å². The highest BCUT2D eigenvalue weighted by atomic mass is 35.5. The molecular weight excluding hydrogens is 242 g/mol. The monoisotopic (exact) mass is 251 g/mol. The Balaban J connectivity index is 2.13. The van der Waals surface area contributed by atoms with Gasteiger partial charge >= 0.3 is 0 Å². The predicted octanol–water partition coefficient (Wildman–Crippen LogP) is 1.29. The smallest absolute Gasteiger partial charge is 0.227 e. The Bertz CT molecular complexity index is 581. The Labute approximate surface area is 102 Å². The zero-order valence-electron chi connectivity index (χ0n) is 9.01. The van der Waals surface area contributed by atoms with E-state index in [1.807, 2.05) is 0 Å². The first-order valence-electron chi connectivity index (χ1n) is 5.42. The molecule has 0 aromatic carbocycles. The molecule has 6 nitrogen and oxygen atoms in total. The fraction of sp³-hybridized carbons (Fsp3) is 0.400. The van der Waals surface area contributed by atoms with E-state index >= 15 is 0 Å². The van der Waals surface area contributed by atoms with Crippen LogP contribution in [0.25, 0.3) is 5.65 Å². The molecule has 1 aliphatic heterocycles. The second kappa shape index (κ2) is 3.96. The van der Waals surface area contributed by atoms with E-state index in [4.69, 9.17) is 11.6 Å². The van der Waals surface area contributed by atoms with Gasteiger partial charge in [-0.3, -0.25) is 9.20 Å². The van der Waals surface area contributed by atoms with Crippen LogP contribution in [-0.4, -0.2) is 32.0 Å². The molecule has 1 amide bonds. The first-order valence-corrected chi connectivity index (χ1v) is 5.80. The number of carbonyl (C=O) groups is 1. The lowest BCUT2D eigenvalue weighted by atomic mass is 10.1. The Morgan fingerprint density at radius 1 is 1.35 bits per heavy atom. The summed E-state index contributed by atoms with van der Waals surface area (Å²) in [4.78, 5) is 17.6. The Kier molecular flexibility index (Phi) is 2.44. The van der Waals surface area contributed by atoms with Crippen LogP contribution in [0.15, 0.2) is 12.5 Å². The average Bonchev–Trinajstić information content (AvgIpc) is 2.81.